The van der Waals surface area contributed by atoms with Gasteiger partial charge in [0.05, 0.1) is 17.4 Å². The van der Waals surface area contributed by atoms with E-state index >= 15 is 0 Å². The van der Waals surface area contributed by atoms with Gasteiger partial charge in [0, 0.05) is 13.1 Å². The number of carbonyl (C=O) groups is 1. The van der Waals surface area contributed by atoms with Gasteiger partial charge >= 0.3 is 6.18 Å². The molecule has 1 aromatic carbocycles. The van der Waals surface area contributed by atoms with E-state index in [1.54, 1.807) is 4.90 Å². The first-order valence-electron chi connectivity index (χ1n) is 8.43. The van der Waals surface area contributed by atoms with Crippen molar-refractivity contribution in [3.63, 3.8) is 0 Å². The summed E-state index contributed by atoms with van der Waals surface area (Å²) < 4.78 is 40.5. The molecule has 140 valence electrons. The van der Waals surface area contributed by atoms with Gasteiger partial charge in [-0.3, -0.25) is 4.79 Å². The minimum atomic E-state index is -4.51. The third-order valence-corrected chi connectivity index (χ3v) is 4.47. The maximum atomic E-state index is 13.2. The molecule has 1 aliphatic heterocycles. The Kier molecular flexibility index (Phi) is 5.26. The number of alkyl halides is 3. The highest BCUT2D eigenvalue weighted by molar-refractivity contribution is 5.92. The first-order chi connectivity index (χ1) is 12.4. The minimum absolute atomic E-state index is 0.0482. The Morgan fingerprint density at radius 1 is 1.35 bits per heavy atom. The second kappa shape index (κ2) is 7.45. The summed E-state index contributed by atoms with van der Waals surface area (Å²) in [6, 6.07) is 5.08. The predicted octanol–water partition coefficient (Wildman–Crippen LogP) is 2.36. The molecule has 2 aromatic rings. The monoisotopic (exact) mass is 367 g/mol. The van der Waals surface area contributed by atoms with Crippen LogP contribution in [0.15, 0.2) is 30.5 Å². The Hall–Kier alpha value is -2.42. The number of aromatic nitrogens is 3. The van der Waals surface area contributed by atoms with Crippen LogP contribution < -0.4 is 5.32 Å². The highest BCUT2D eigenvalue weighted by Crippen LogP contribution is 2.33. The molecule has 0 saturated carbocycles. The summed E-state index contributed by atoms with van der Waals surface area (Å²) in [6.45, 7) is 2.03. The molecule has 0 radical (unpaired) electrons. The van der Waals surface area contributed by atoms with Crippen molar-refractivity contribution in [2.45, 2.75) is 19.0 Å². The van der Waals surface area contributed by atoms with Crippen molar-refractivity contribution in [2.75, 3.05) is 26.7 Å². The highest BCUT2D eigenvalue weighted by Gasteiger charge is 2.34. The van der Waals surface area contributed by atoms with Crippen LogP contribution in [0.4, 0.5) is 13.2 Å². The molecular weight excluding hydrogens is 347 g/mol. The van der Waals surface area contributed by atoms with Crippen molar-refractivity contribution in [2.24, 2.45) is 5.92 Å². The van der Waals surface area contributed by atoms with Crippen molar-refractivity contribution in [3.05, 3.63) is 41.7 Å². The predicted molar refractivity (Wildman–Crippen MR) is 88.9 cm³/mol. The van der Waals surface area contributed by atoms with E-state index in [0.717, 1.165) is 30.1 Å². The topological polar surface area (TPSA) is 63.1 Å². The number of amides is 1. The van der Waals surface area contributed by atoms with Gasteiger partial charge in [0.25, 0.3) is 5.91 Å². The number of para-hydroxylation sites is 1. The lowest BCUT2D eigenvalue weighted by molar-refractivity contribution is -0.137. The van der Waals surface area contributed by atoms with Gasteiger partial charge in [0.2, 0.25) is 0 Å². The van der Waals surface area contributed by atoms with Gasteiger partial charge in [0.1, 0.15) is 0 Å². The zero-order chi connectivity index (χ0) is 18.7. The number of benzene rings is 1. The van der Waals surface area contributed by atoms with Crippen LogP contribution in [0, 0.1) is 5.92 Å². The molecule has 3 rings (SSSR count). The van der Waals surface area contributed by atoms with Crippen LogP contribution in [0.2, 0.25) is 0 Å². The third-order valence-electron chi connectivity index (χ3n) is 4.47. The van der Waals surface area contributed by atoms with Crippen LogP contribution >= 0.6 is 0 Å². The number of rotatable bonds is 4. The Labute approximate surface area is 149 Å². The van der Waals surface area contributed by atoms with E-state index in [4.69, 9.17) is 0 Å². The number of halogens is 3. The summed E-state index contributed by atoms with van der Waals surface area (Å²) >= 11 is 0. The molecule has 1 atom stereocenters. The number of piperidine rings is 1. The number of hydrogen-bond acceptors (Lipinski definition) is 4. The average molecular weight is 367 g/mol. The molecule has 2 heterocycles. The quantitative estimate of drug-likeness (QED) is 0.901. The Morgan fingerprint density at radius 2 is 2.12 bits per heavy atom. The van der Waals surface area contributed by atoms with Crippen molar-refractivity contribution in [1.29, 1.82) is 0 Å². The van der Waals surface area contributed by atoms with Crippen LogP contribution in [-0.4, -0.2) is 52.5 Å². The van der Waals surface area contributed by atoms with Gasteiger partial charge in [-0.05, 0) is 44.5 Å². The van der Waals surface area contributed by atoms with E-state index in [9.17, 15) is 18.0 Å². The Bertz CT molecular complexity index is 772. The lowest BCUT2D eigenvalue weighted by atomic mass is 9.98. The van der Waals surface area contributed by atoms with Crippen LogP contribution in [0.3, 0.4) is 0 Å². The minimum Gasteiger partial charge on any atom is -0.337 e. The molecule has 1 aliphatic rings. The standard InChI is InChI=1S/C17H20F3N5O/c1-21-9-12-5-4-8-24(10-12)16(26)14-11-25(23-22-14)15-7-3-2-6-13(15)17(18,19)20/h2-3,6-7,11-12,21H,4-5,8-10H2,1H3. The van der Waals surface area contributed by atoms with Crippen molar-refractivity contribution in [1.82, 2.24) is 25.2 Å². The fraction of sp³-hybridized carbons (Fsp3) is 0.471. The summed E-state index contributed by atoms with van der Waals surface area (Å²) in [6.07, 6.45) is -1.33. The highest BCUT2D eigenvalue weighted by atomic mass is 19.4. The normalized spacial score (nSPS) is 18.2. The first-order valence-corrected chi connectivity index (χ1v) is 8.43. The summed E-state index contributed by atoms with van der Waals surface area (Å²) in [4.78, 5) is 14.3. The molecule has 1 aromatic heterocycles. The van der Waals surface area contributed by atoms with Gasteiger partial charge in [0.15, 0.2) is 5.69 Å². The molecule has 6 nitrogen and oxygen atoms in total. The zero-order valence-corrected chi connectivity index (χ0v) is 14.3. The van der Waals surface area contributed by atoms with E-state index in [-0.39, 0.29) is 17.3 Å². The smallest absolute Gasteiger partial charge is 0.337 e. The van der Waals surface area contributed by atoms with Crippen molar-refractivity contribution >= 4 is 5.91 Å². The fourth-order valence-electron chi connectivity index (χ4n) is 3.26. The van der Waals surface area contributed by atoms with Crippen molar-refractivity contribution < 1.29 is 18.0 Å². The van der Waals surface area contributed by atoms with Crippen LogP contribution in [0.5, 0.6) is 0 Å². The molecule has 1 saturated heterocycles. The number of carbonyl (C=O) groups excluding carboxylic acids is 1. The van der Waals surface area contributed by atoms with E-state index in [2.05, 4.69) is 15.6 Å². The maximum Gasteiger partial charge on any atom is 0.418 e. The fourth-order valence-corrected chi connectivity index (χ4v) is 3.26. The van der Waals surface area contributed by atoms with Crippen LogP contribution in [-0.2, 0) is 6.18 Å². The summed E-state index contributed by atoms with van der Waals surface area (Å²) in [5, 5.41) is 10.6. The summed E-state index contributed by atoms with van der Waals surface area (Å²) in [7, 11) is 1.87. The van der Waals surface area contributed by atoms with Gasteiger partial charge in [-0.25, -0.2) is 4.68 Å². The van der Waals surface area contributed by atoms with E-state index < -0.39 is 11.7 Å². The Morgan fingerprint density at radius 3 is 2.85 bits per heavy atom. The lowest BCUT2D eigenvalue weighted by Gasteiger charge is -2.32. The summed E-state index contributed by atoms with van der Waals surface area (Å²) in [5.74, 6) is 0.0558. The second-order valence-corrected chi connectivity index (χ2v) is 6.38. The van der Waals surface area contributed by atoms with E-state index in [1.165, 1.54) is 24.4 Å². The van der Waals surface area contributed by atoms with E-state index in [0.29, 0.717) is 19.0 Å². The number of likely N-dealkylation sites (tertiary alicyclic amines) is 1. The Balaban J connectivity index is 1.81. The van der Waals surface area contributed by atoms with Gasteiger partial charge in [-0.2, -0.15) is 13.2 Å². The lowest BCUT2D eigenvalue weighted by Crippen LogP contribution is -2.42. The first kappa shape index (κ1) is 18.4. The molecule has 0 aliphatic carbocycles. The number of hydrogen-bond donors (Lipinski definition) is 1. The molecule has 1 amide bonds. The van der Waals surface area contributed by atoms with Gasteiger partial charge < -0.3 is 10.2 Å². The van der Waals surface area contributed by atoms with Gasteiger partial charge in [-0.1, -0.05) is 17.3 Å². The molecular formula is C17H20F3N5O. The second-order valence-electron chi connectivity index (χ2n) is 6.38. The summed E-state index contributed by atoms with van der Waals surface area (Å²) in [5.41, 5.74) is -0.929. The number of nitrogens with zero attached hydrogens (tertiary/aromatic N) is 4. The van der Waals surface area contributed by atoms with Crippen LogP contribution in [0.25, 0.3) is 5.69 Å². The third kappa shape index (κ3) is 3.87. The van der Waals surface area contributed by atoms with Gasteiger partial charge in [-0.15, -0.1) is 5.10 Å². The largest absolute Gasteiger partial charge is 0.418 e. The SMILES string of the molecule is CNCC1CCCN(C(=O)c2cn(-c3ccccc3C(F)(F)F)nn2)C1. The molecule has 1 fully saturated rings. The van der Waals surface area contributed by atoms with Crippen molar-refractivity contribution in [3.8, 4) is 5.69 Å². The average Bonchev–Trinajstić information content (AvgIpc) is 3.11. The van der Waals surface area contributed by atoms with Crippen LogP contribution in [0.1, 0.15) is 28.9 Å². The molecule has 26 heavy (non-hydrogen) atoms. The molecule has 0 bridgehead atoms. The maximum absolute atomic E-state index is 13.2. The zero-order valence-electron chi connectivity index (χ0n) is 14.3. The molecule has 1 N–H and O–H groups in total. The molecule has 0 spiro atoms. The molecule has 1 unspecified atom stereocenters. The molecule has 9 heteroatoms. The van der Waals surface area contributed by atoms with E-state index in [1.807, 2.05) is 7.05 Å². The number of nitrogens with one attached hydrogen (secondary N) is 1.